The smallest absolute Gasteiger partial charge is 0.224 e. The highest BCUT2D eigenvalue weighted by Gasteiger charge is 2.17. The van der Waals surface area contributed by atoms with Crippen molar-refractivity contribution in [1.82, 2.24) is 24.8 Å². The molecule has 2 aromatic rings. The SMILES string of the molecule is CCc1nc2cc(Cl)cnc2n1CCC(=O)N1CCNCC1. The molecule has 1 fully saturated rings. The van der Waals surface area contributed by atoms with E-state index in [1.807, 2.05) is 15.5 Å². The van der Waals surface area contributed by atoms with E-state index >= 15 is 0 Å². The minimum absolute atomic E-state index is 0.194. The van der Waals surface area contributed by atoms with E-state index in [0.29, 0.717) is 18.0 Å². The summed E-state index contributed by atoms with van der Waals surface area (Å²) in [7, 11) is 0. The maximum absolute atomic E-state index is 12.3. The Morgan fingerprint density at radius 1 is 1.41 bits per heavy atom. The van der Waals surface area contributed by atoms with Gasteiger partial charge in [-0.05, 0) is 6.07 Å². The van der Waals surface area contributed by atoms with Crippen LogP contribution in [0.15, 0.2) is 12.3 Å². The van der Waals surface area contributed by atoms with Crippen LogP contribution in [0.2, 0.25) is 5.02 Å². The molecule has 3 heterocycles. The maximum atomic E-state index is 12.3. The minimum atomic E-state index is 0.194. The standard InChI is InChI=1S/C15H20ClN5O/c1-2-13-19-12-9-11(16)10-18-15(12)21(13)6-3-14(22)20-7-4-17-5-8-20/h9-10,17H,2-8H2,1H3. The number of hydrogen-bond donors (Lipinski definition) is 1. The summed E-state index contributed by atoms with van der Waals surface area (Å²) in [6.45, 7) is 5.99. The van der Waals surface area contributed by atoms with Crippen LogP contribution in [0.4, 0.5) is 0 Å². The molecule has 1 aliphatic heterocycles. The van der Waals surface area contributed by atoms with Crippen LogP contribution in [0.25, 0.3) is 11.2 Å². The number of hydrogen-bond acceptors (Lipinski definition) is 4. The fourth-order valence-electron chi connectivity index (χ4n) is 2.82. The third kappa shape index (κ3) is 3.08. The maximum Gasteiger partial charge on any atom is 0.224 e. The largest absolute Gasteiger partial charge is 0.340 e. The number of piperazine rings is 1. The minimum Gasteiger partial charge on any atom is -0.340 e. The summed E-state index contributed by atoms with van der Waals surface area (Å²) in [5.74, 6) is 1.14. The molecule has 22 heavy (non-hydrogen) atoms. The molecule has 7 heteroatoms. The molecule has 0 saturated carbocycles. The van der Waals surface area contributed by atoms with Crippen LogP contribution >= 0.6 is 11.6 Å². The van der Waals surface area contributed by atoms with Crippen LogP contribution in [0, 0.1) is 0 Å². The molecular weight excluding hydrogens is 302 g/mol. The fourth-order valence-corrected chi connectivity index (χ4v) is 2.97. The van der Waals surface area contributed by atoms with Gasteiger partial charge in [0.25, 0.3) is 0 Å². The number of rotatable bonds is 4. The molecule has 0 aromatic carbocycles. The van der Waals surface area contributed by atoms with Crippen molar-refractivity contribution < 1.29 is 4.79 Å². The van der Waals surface area contributed by atoms with Crippen molar-refractivity contribution in [3.63, 3.8) is 0 Å². The molecule has 3 rings (SSSR count). The zero-order chi connectivity index (χ0) is 15.5. The third-order valence-corrected chi connectivity index (χ3v) is 4.17. The van der Waals surface area contributed by atoms with E-state index < -0.39 is 0 Å². The summed E-state index contributed by atoms with van der Waals surface area (Å²) in [6, 6.07) is 1.82. The third-order valence-electron chi connectivity index (χ3n) is 3.97. The lowest BCUT2D eigenvalue weighted by Crippen LogP contribution is -2.46. The van der Waals surface area contributed by atoms with Crippen LogP contribution in [0.3, 0.4) is 0 Å². The number of halogens is 1. The average Bonchev–Trinajstić information content (AvgIpc) is 2.90. The molecule has 1 N–H and O–H groups in total. The summed E-state index contributed by atoms with van der Waals surface area (Å²) in [6.07, 6.45) is 2.90. The molecule has 0 unspecified atom stereocenters. The Hall–Kier alpha value is -1.66. The number of carbonyl (C=O) groups is 1. The number of amides is 1. The second kappa shape index (κ2) is 6.62. The van der Waals surface area contributed by atoms with E-state index in [4.69, 9.17) is 11.6 Å². The Morgan fingerprint density at radius 3 is 2.91 bits per heavy atom. The van der Waals surface area contributed by atoms with Gasteiger partial charge in [0.15, 0.2) is 5.65 Å². The highest BCUT2D eigenvalue weighted by atomic mass is 35.5. The summed E-state index contributed by atoms with van der Waals surface area (Å²) < 4.78 is 2.03. The zero-order valence-corrected chi connectivity index (χ0v) is 13.4. The lowest BCUT2D eigenvalue weighted by molar-refractivity contribution is -0.131. The Kier molecular flexibility index (Phi) is 4.59. The second-order valence-electron chi connectivity index (χ2n) is 5.41. The zero-order valence-electron chi connectivity index (χ0n) is 12.7. The molecule has 0 radical (unpaired) electrons. The average molecular weight is 322 g/mol. The number of fused-ring (bicyclic) bond motifs is 1. The Morgan fingerprint density at radius 2 is 2.18 bits per heavy atom. The molecule has 118 valence electrons. The van der Waals surface area contributed by atoms with Gasteiger partial charge in [-0.25, -0.2) is 9.97 Å². The van der Waals surface area contributed by atoms with Gasteiger partial charge in [-0.1, -0.05) is 18.5 Å². The van der Waals surface area contributed by atoms with Crippen LogP contribution in [0.1, 0.15) is 19.2 Å². The molecule has 0 spiro atoms. The highest BCUT2D eigenvalue weighted by molar-refractivity contribution is 6.31. The molecule has 1 aliphatic rings. The first-order valence-corrected chi connectivity index (χ1v) is 8.06. The van der Waals surface area contributed by atoms with E-state index in [1.54, 1.807) is 6.20 Å². The van der Waals surface area contributed by atoms with E-state index in [0.717, 1.165) is 49.6 Å². The van der Waals surface area contributed by atoms with Crippen molar-refractivity contribution in [2.45, 2.75) is 26.3 Å². The molecule has 6 nitrogen and oxygen atoms in total. The number of aryl methyl sites for hydroxylation is 2. The normalized spacial score (nSPS) is 15.5. The van der Waals surface area contributed by atoms with Gasteiger partial charge in [0, 0.05) is 51.8 Å². The Labute approximate surface area is 134 Å². The van der Waals surface area contributed by atoms with Crippen molar-refractivity contribution in [2.24, 2.45) is 0 Å². The topological polar surface area (TPSA) is 63.1 Å². The predicted molar refractivity (Wildman–Crippen MR) is 86.0 cm³/mol. The number of aromatic nitrogens is 3. The first-order chi connectivity index (χ1) is 10.7. The number of nitrogens with one attached hydrogen (secondary N) is 1. The number of carbonyl (C=O) groups excluding carboxylic acids is 1. The molecule has 2 aromatic heterocycles. The number of nitrogens with zero attached hydrogens (tertiary/aromatic N) is 4. The van der Waals surface area contributed by atoms with Crippen molar-refractivity contribution in [2.75, 3.05) is 26.2 Å². The fraction of sp³-hybridized carbons (Fsp3) is 0.533. The van der Waals surface area contributed by atoms with Gasteiger partial charge < -0.3 is 14.8 Å². The van der Waals surface area contributed by atoms with E-state index in [9.17, 15) is 4.79 Å². The first-order valence-electron chi connectivity index (χ1n) is 7.68. The summed E-state index contributed by atoms with van der Waals surface area (Å²) >= 11 is 5.97. The second-order valence-corrected chi connectivity index (χ2v) is 5.85. The molecular formula is C15H20ClN5O. The monoisotopic (exact) mass is 321 g/mol. The Bertz CT molecular complexity index is 678. The van der Waals surface area contributed by atoms with Gasteiger partial charge in [0.1, 0.15) is 11.3 Å². The first kappa shape index (κ1) is 15.2. The Balaban J connectivity index is 1.76. The highest BCUT2D eigenvalue weighted by Crippen LogP contribution is 2.19. The van der Waals surface area contributed by atoms with Crippen molar-refractivity contribution in [1.29, 1.82) is 0 Å². The number of imidazole rings is 1. The van der Waals surface area contributed by atoms with Crippen molar-refractivity contribution in [3.8, 4) is 0 Å². The van der Waals surface area contributed by atoms with Crippen molar-refractivity contribution in [3.05, 3.63) is 23.1 Å². The van der Waals surface area contributed by atoms with E-state index in [2.05, 4.69) is 22.2 Å². The van der Waals surface area contributed by atoms with Gasteiger partial charge in [-0.15, -0.1) is 0 Å². The summed E-state index contributed by atoms with van der Waals surface area (Å²) in [4.78, 5) is 23.2. The predicted octanol–water partition coefficient (Wildman–Crippen LogP) is 1.47. The van der Waals surface area contributed by atoms with Crippen LogP contribution < -0.4 is 5.32 Å². The lowest BCUT2D eigenvalue weighted by Gasteiger charge is -2.27. The quantitative estimate of drug-likeness (QED) is 0.926. The number of pyridine rings is 1. The molecule has 1 saturated heterocycles. The molecule has 0 atom stereocenters. The molecule has 0 bridgehead atoms. The van der Waals surface area contributed by atoms with Gasteiger partial charge in [-0.2, -0.15) is 0 Å². The van der Waals surface area contributed by atoms with Crippen LogP contribution in [0.5, 0.6) is 0 Å². The van der Waals surface area contributed by atoms with E-state index in [-0.39, 0.29) is 5.91 Å². The summed E-state index contributed by atoms with van der Waals surface area (Å²) in [5.41, 5.74) is 1.59. The lowest BCUT2D eigenvalue weighted by atomic mass is 10.3. The molecule has 1 amide bonds. The van der Waals surface area contributed by atoms with Gasteiger partial charge in [0.2, 0.25) is 5.91 Å². The molecule has 0 aliphatic carbocycles. The van der Waals surface area contributed by atoms with Crippen LogP contribution in [-0.2, 0) is 17.8 Å². The van der Waals surface area contributed by atoms with Gasteiger partial charge in [0.05, 0.1) is 5.02 Å². The summed E-state index contributed by atoms with van der Waals surface area (Å²) in [5, 5.41) is 3.84. The van der Waals surface area contributed by atoms with Crippen molar-refractivity contribution >= 4 is 28.7 Å². The van der Waals surface area contributed by atoms with E-state index in [1.165, 1.54) is 0 Å². The van der Waals surface area contributed by atoms with Gasteiger partial charge in [-0.3, -0.25) is 4.79 Å². The van der Waals surface area contributed by atoms with Gasteiger partial charge >= 0.3 is 0 Å². The van der Waals surface area contributed by atoms with Crippen LogP contribution in [-0.4, -0.2) is 51.5 Å².